The molecule has 19 heavy (non-hydrogen) atoms. The number of anilines is 1. The number of amidine groups is 1. The molecule has 6 heteroatoms. The van der Waals surface area contributed by atoms with Gasteiger partial charge in [0, 0.05) is 30.3 Å². The standard InChI is InChI=1S/C13H21N5O/c1-9(2)18(7-6-12(14)17-19)13-10-4-3-5-11(10)15-8-16-13/h8-9,19H,3-7H2,1-2H3,(H2,14,17). The molecule has 0 aromatic carbocycles. The molecular weight excluding hydrogens is 242 g/mol. The van der Waals surface area contributed by atoms with Crippen LogP contribution in [0.4, 0.5) is 5.82 Å². The zero-order chi connectivity index (χ0) is 13.8. The summed E-state index contributed by atoms with van der Waals surface area (Å²) in [5.41, 5.74) is 7.98. The summed E-state index contributed by atoms with van der Waals surface area (Å²) >= 11 is 0. The third-order valence-electron chi connectivity index (χ3n) is 3.48. The number of aryl methyl sites for hydroxylation is 1. The number of nitrogens with zero attached hydrogens (tertiary/aromatic N) is 4. The lowest BCUT2D eigenvalue weighted by Crippen LogP contribution is -2.35. The van der Waals surface area contributed by atoms with E-state index in [1.54, 1.807) is 6.33 Å². The fourth-order valence-electron chi connectivity index (χ4n) is 2.48. The van der Waals surface area contributed by atoms with Gasteiger partial charge in [-0.1, -0.05) is 5.16 Å². The highest BCUT2D eigenvalue weighted by Crippen LogP contribution is 2.28. The number of hydrogen-bond acceptors (Lipinski definition) is 5. The number of nitrogens with two attached hydrogens (primary N) is 1. The van der Waals surface area contributed by atoms with Crippen molar-refractivity contribution >= 4 is 11.7 Å². The predicted molar refractivity (Wildman–Crippen MR) is 74.6 cm³/mol. The quantitative estimate of drug-likeness (QED) is 0.362. The minimum Gasteiger partial charge on any atom is -0.409 e. The fourth-order valence-corrected chi connectivity index (χ4v) is 2.48. The monoisotopic (exact) mass is 263 g/mol. The van der Waals surface area contributed by atoms with Crippen molar-refractivity contribution in [2.45, 2.75) is 45.6 Å². The van der Waals surface area contributed by atoms with E-state index in [4.69, 9.17) is 10.9 Å². The maximum Gasteiger partial charge on any atom is 0.140 e. The molecule has 1 heterocycles. The molecule has 1 aliphatic rings. The first-order valence-corrected chi connectivity index (χ1v) is 6.69. The fraction of sp³-hybridized carbons (Fsp3) is 0.615. The molecule has 0 atom stereocenters. The summed E-state index contributed by atoms with van der Waals surface area (Å²) in [6.07, 6.45) is 5.38. The number of rotatable bonds is 5. The normalized spacial score (nSPS) is 14.8. The van der Waals surface area contributed by atoms with Crippen LogP contribution < -0.4 is 10.6 Å². The Morgan fingerprint density at radius 3 is 2.95 bits per heavy atom. The van der Waals surface area contributed by atoms with Crippen molar-refractivity contribution in [3.05, 3.63) is 17.6 Å². The Kier molecular flexibility index (Phi) is 4.19. The summed E-state index contributed by atoms with van der Waals surface area (Å²) in [5, 5.41) is 11.7. The van der Waals surface area contributed by atoms with Crippen LogP contribution in [0.1, 0.15) is 37.9 Å². The van der Waals surface area contributed by atoms with Crippen LogP contribution in [-0.2, 0) is 12.8 Å². The third kappa shape index (κ3) is 2.94. The van der Waals surface area contributed by atoms with Crippen LogP contribution in [0.2, 0.25) is 0 Å². The molecule has 0 unspecified atom stereocenters. The third-order valence-corrected chi connectivity index (χ3v) is 3.48. The highest BCUT2D eigenvalue weighted by atomic mass is 16.4. The van der Waals surface area contributed by atoms with Gasteiger partial charge in [-0.25, -0.2) is 9.97 Å². The van der Waals surface area contributed by atoms with Crippen LogP contribution in [0.3, 0.4) is 0 Å². The first-order valence-electron chi connectivity index (χ1n) is 6.69. The van der Waals surface area contributed by atoms with Gasteiger partial charge < -0.3 is 15.8 Å². The average Bonchev–Trinajstić information content (AvgIpc) is 2.87. The highest BCUT2D eigenvalue weighted by Gasteiger charge is 2.22. The Morgan fingerprint density at radius 2 is 2.26 bits per heavy atom. The van der Waals surface area contributed by atoms with Crippen molar-refractivity contribution in [1.82, 2.24) is 9.97 Å². The van der Waals surface area contributed by atoms with E-state index in [-0.39, 0.29) is 5.84 Å². The summed E-state index contributed by atoms with van der Waals surface area (Å²) in [7, 11) is 0. The van der Waals surface area contributed by atoms with E-state index in [2.05, 4.69) is 33.9 Å². The summed E-state index contributed by atoms with van der Waals surface area (Å²) in [4.78, 5) is 11.0. The van der Waals surface area contributed by atoms with Gasteiger partial charge in [-0.05, 0) is 33.1 Å². The molecule has 1 aromatic heterocycles. The van der Waals surface area contributed by atoms with E-state index in [1.807, 2.05) is 0 Å². The molecule has 0 amide bonds. The predicted octanol–water partition coefficient (Wildman–Crippen LogP) is 1.32. The molecule has 0 spiro atoms. The first-order chi connectivity index (χ1) is 9.13. The molecule has 0 aliphatic heterocycles. The molecule has 0 saturated carbocycles. The molecule has 0 fully saturated rings. The lowest BCUT2D eigenvalue weighted by Gasteiger charge is -2.29. The van der Waals surface area contributed by atoms with Crippen molar-refractivity contribution in [2.24, 2.45) is 10.9 Å². The Labute approximate surface area is 113 Å². The Bertz CT molecular complexity index is 472. The van der Waals surface area contributed by atoms with E-state index in [0.29, 0.717) is 19.0 Å². The Hall–Kier alpha value is -1.85. The summed E-state index contributed by atoms with van der Waals surface area (Å²) in [6, 6.07) is 0.311. The van der Waals surface area contributed by atoms with Gasteiger partial charge in [0.05, 0.1) is 0 Å². The summed E-state index contributed by atoms with van der Waals surface area (Å²) in [6.45, 7) is 4.93. The number of fused-ring (bicyclic) bond motifs is 1. The minimum atomic E-state index is 0.247. The van der Waals surface area contributed by atoms with Gasteiger partial charge in [0.2, 0.25) is 0 Å². The van der Waals surface area contributed by atoms with Crippen molar-refractivity contribution in [3.63, 3.8) is 0 Å². The van der Waals surface area contributed by atoms with Crippen LogP contribution in [0.5, 0.6) is 0 Å². The van der Waals surface area contributed by atoms with E-state index < -0.39 is 0 Å². The Balaban J connectivity index is 2.22. The maximum atomic E-state index is 8.63. The molecule has 3 N–H and O–H groups in total. The first kappa shape index (κ1) is 13.6. The van der Waals surface area contributed by atoms with Crippen LogP contribution in [-0.4, -0.2) is 33.6 Å². The maximum absolute atomic E-state index is 8.63. The molecule has 1 aliphatic carbocycles. The van der Waals surface area contributed by atoms with Crippen LogP contribution >= 0.6 is 0 Å². The number of aromatic nitrogens is 2. The van der Waals surface area contributed by atoms with Gasteiger partial charge in [-0.15, -0.1) is 0 Å². The molecule has 2 rings (SSSR count). The van der Waals surface area contributed by atoms with Crippen molar-refractivity contribution in [2.75, 3.05) is 11.4 Å². The van der Waals surface area contributed by atoms with Crippen LogP contribution in [0.25, 0.3) is 0 Å². The molecule has 104 valence electrons. The van der Waals surface area contributed by atoms with Crippen LogP contribution in [0.15, 0.2) is 11.5 Å². The summed E-state index contributed by atoms with van der Waals surface area (Å²) < 4.78 is 0. The van der Waals surface area contributed by atoms with Crippen molar-refractivity contribution in [1.29, 1.82) is 0 Å². The van der Waals surface area contributed by atoms with Gasteiger partial charge in [0.1, 0.15) is 18.0 Å². The average molecular weight is 263 g/mol. The summed E-state index contributed by atoms with van der Waals surface area (Å²) in [5.74, 6) is 1.25. The topological polar surface area (TPSA) is 87.6 Å². The second kappa shape index (κ2) is 5.86. The highest BCUT2D eigenvalue weighted by molar-refractivity contribution is 5.80. The van der Waals surface area contributed by atoms with Crippen molar-refractivity contribution < 1.29 is 5.21 Å². The largest absolute Gasteiger partial charge is 0.409 e. The Morgan fingerprint density at radius 1 is 1.47 bits per heavy atom. The number of hydrogen-bond donors (Lipinski definition) is 2. The SMILES string of the molecule is CC(C)N(CCC(N)=NO)c1ncnc2c1CCC2. The second-order valence-electron chi connectivity index (χ2n) is 5.10. The zero-order valence-corrected chi connectivity index (χ0v) is 11.5. The van der Waals surface area contributed by atoms with E-state index in [9.17, 15) is 0 Å². The van der Waals surface area contributed by atoms with Crippen LogP contribution in [0, 0.1) is 0 Å². The molecular formula is C13H21N5O. The van der Waals surface area contributed by atoms with E-state index in [1.165, 1.54) is 11.3 Å². The van der Waals surface area contributed by atoms with Crippen molar-refractivity contribution in [3.8, 4) is 0 Å². The van der Waals surface area contributed by atoms with Gasteiger partial charge >= 0.3 is 0 Å². The van der Waals surface area contributed by atoms with E-state index in [0.717, 1.165) is 25.1 Å². The zero-order valence-electron chi connectivity index (χ0n) is 11.5. The lowest BCUT2D eigenvalue weighted by molar-refractivity contribution is 0.317. The smallest absolute Gasteiger partial charge is 0.140 e. The number of oxime groups is 1. The molecule has 1 aromatic rings. The lowest BCUT2D eigenvalue weighted by atomic mass is 10.2. The van der Waals surface area contributed by atoms with Gasteiger partial charge in [0.25, 0.3) is 0 Å². The second-order valence-corrected chi connectivity index (χ2v) is 5.10. The molecule has 0 bridgehead atoms. The molecule has 0 saturated heterocycles. The van der Waals surface area contributed by atoms with Gasteiger partial charge in [-0.3, -0.25) is 0 Å². The van der Waals surface area contributed by atoms with Gasteiger partial charge in [-0.2, -0.15) is 0 Å². The van der Waals surface area contributed by atoms with Gasteiger partial charge in [0.15, 0.2) is 0 Å². The molecule has 0 radical (unpaired) electrons. The van der Waals surface area contributed by atoms with E-state index >= 15 is 0 Å². The molecule has 6 nitrogen and oxygen atoms in total. The minimum absolute atomic E-state index is 0.247.